The lowest BCUT2D eigenvalue weighted by Gasteiger charge is -2.34. The number of aliphatic imine (C=N–C) groups is 1. The second kappa shape index (κ2) is 9.99. The summed E-state index contributed by atoms with van der Waals surface area (Å²) in [5.74, 6) is 3.69. The molecule has 3 rings (SSSR count). The van der Waals surface area contributed by atoms with Crippen LogP contribution in [0.3, 0.4) is 0 Å². The van der Waals surface area contributed by atoms with Crippen LogP contribution in [0, 0.1) is 6.92 Å². The van der Waals surface area contributed by atoms with Crippen molar-refractivity contribution in [2.45, 2.75) is 32.2 Å². The van der Waals surface area contributed by atoms with Crippen molar-refractivity contribution in [1.82, 2.24) is 20.8 Å². The summed E-state index contributed by atoms with van der Waals surface area (Å²) in [4.78, 5) is 10.9. The molecule has 0 bridgehead atoms. The first-order valence-electron chi connectivity index (χ1n) is 9.85. The highest BCUT2D eigenvalue weighted by Gasteiger charge is 2.21. The Kier molecular flexibility index (Phi) is 7.15. The number of methoxy groups -OCH3 is 2. The topological polar surface area (TPSA) is 97.0 Å². The lowest BCUT2D eigenvalue weighted by atomic mass is 10.0. The smallest absolute Gasteiger partial charge is 0.228 e. The van der Waals surface area contributed by atoms with Gasteiger partial charge in [-0.2, -0.15) is 4.98 Å². The number of aryl methyl sites for hydroxylation is 1. The van der Waals surface area contributed by atoms with Gasteiger partial charge in [0.15, 0.2) is 11.8 Å². The highest BCUT2D eigenvalue weighted by molar-refractivity contribution is 5.80. The van der Waals surface area contributed by atoms with Crippen LogP contribution in [-0.2, 0) is 6.42 Å². The zero-order chi connectivity index (χ0) is 20.6. The normalized spacial score (nSPS) is 15.3. The van der Waals surface area contributed by atoms with Gasteiger partial charge in [0.25, 0.3) is 0 Å². The van der Waals surface area contributed by atoms with Gasteiger partial charge in [-0.15, -0.1) is 0 Å². The van der Waals surface area contributed by atoms with E-state index in [9.17, 15) is 0 Å². The molecule has 9 heteroatoms. The first-order valence-corrected chi connectivity index (χ1v) is 9.85. The molecule has 158 valence electrons. The molecule has 0 saturated carbocycles. The third kappa shape index (κ3) is 5.75. The molecule has 2 aromatic rings. The minimum atomic E-state index is 0.371. The predicted molar refractivity (Wildman–Crippen MR) is 112 cm³/mol. The van der Waals surface area contributed by atoms with Crippen molar-refractivity contribution in [2.75, 3.05) is 45.8 Å². The van der Waals surface area contributed by atoms with Gasteiger partial charge in [-0.1, -0.05) is 5.16 Å². The van der Waals surface area contributed by atoms with E-state index in [0.29, 0.717) is 30.7 Å². The van der Waals surface area contributed by atoms with E-state index in [0.717, 1.165) is 49.1 Å². The second-order valence-corrected chi connectivity index (χ2v) is 6.96. The Bertz CT molecular complexity index is 792. The quantitative estimate of drug-likeness (QED) is 0.534. The predicted octanol–water partition coefficient (Wildman–Crippen LogP) is 1.77. The Hall–Kier alpha value is -2.97. The van der Waals surface area contributed by atoms with Crippen LogP contribution >= 0.6 is 0 Å². The number of guanidine groups is 1. The van der Waals surface area contributed by atoms with Crippen molar-refractivity contribution in [2.24, 2.45) is 4.99 Å². The molecule has 0 radical (unpaired) electrons. The highest BCUT2D eigenvalue weighted by atomic mass is 16.5. The maximum Gasteiger partial charge on any atom is 0.228 e. The average molecular weight is 402 g/mol. The summed E-state index contributed by atoms with van der Waals surface area (Å²) in [7, 11) is 5.13. The van der Waals surface area contributed by atoms with E-state index in [1.54, 1.807) is 21.3 Å². The van der Waals surface area contributed by atoms with Crippen molar-refractivity contribution in [3.8, 4) is 11.5 Å². The van der Waals surface area contributed by atoms with Crippen LogP contribution in [0.4, 0.5) is 5.69 Å². The molecule has 29 heavy (non-hydrogen) atoms. The second-order valence-electron chi connectivity index (χ2n) is 6.96. The molecule has 1 aromatic heterocycles. The van der Waals surface area contributed by atoms with Crippen LogP contribution in [0.2, 0.25) is 0 Å². The number of nitrogens with one attached hydrogen (secondary N) is 2. The lowest BCUT2D eigenvalue weighted by Crippen LogP contribution is -2.49. The van der Waals surface area contributed by atoms with Gasteiger partial charge in [0.05, 0.1) is 14.2 Å². The third-order valence-corrected chi connectivity index (χ3v) is 4.96. The number of ether oxygens (including phenoxy) is 2. The molecule has 0 aliphatic carbocycles. The van der Waals surface area contributed by atoms with Gasteiger partial charge >= 0.3 is 0 Å². The number of piperidine rings is 1. The number of benzene rings is 1. The van der Waals surface area contributed by atoms with Gasteiger partial charge in [0.2, 0.25) is 5.89 Å². The standard InChI is InChI=1S/C20H30N6O3/c1-14-23-19(29-25-14)5-8-22-20(21-2)24-15-6-9-26(10-7-15)16-11-17(27-3)13-18(12-16)28-4/h11-13,15H,5-10H2,1-4H3,(H2,21,22,24). The van der Waals surface area contributed by atoms with Gasteiger partial charge < -0.3 is 29.5 Å². The molecule has 2 heterocycles. The summed E-state index contributed by atoms with van der Waals surface area (Å²) in [6.07, 6.45) is 2.70. The van der Waals surface area contributed by atoms with Gasteiger partial charge in [-0.05, 0) is 19.8 Å². The minimum Gasteiger partial charge on any atom is -0.497 e. The summed E-state index contributed by atoms with van der Waals surface area (Å²) in [5, 5.41) is 10.6. The lowest BCUT2D eigenvalue weighted by molar-refractivity contribution is 0.374. The van der Waals surface area contributed by atoms with E-state index in [-0.39, 0.29) is 0 Å². The number of nitrogens with zero attached hydrogens (tertiary/aromatic N) is 4. The van der Waals surface area contributed by atoms with E-state index in [2.05, 4.69) is 42.8 Å². The van der Waals surface area contributed by atoms with Crippen molar-refractivity contribution in [3.05, 3.63) is 29.9 Å². The fourth-order valence-corrected chi connectivity index (χ4v) is 3.37. The fourth-order valence-electron chi connectivity index (χ4n) is 3.37. The molecule has 9 nitrogen and oxygen atoms in total. The molecule has 0 spiro atoms. The SMILES string of the molecule is CN=C(NCCc1nc(C)no1)NC1CCN(c2cc(OC)cc(OC)c2)CC1. The number of hydrogen-bond acceptors (Lipinski definition) is 7. The average Bonchev–Trinajstić information content (AvgIpc) is 3.18. The van der Waals surface area contributed by atoms with Gasteiger partial charge in [0, 0.05) is 63.0 Å². The third-order valence-electron chi connectivity index (χ3n) is 4.96. The minimum absolute atomic E-state index is 0.371. The molecule has 2 N–H and O–H groups in total. The Morgan fingerprint density at radius 1 is 1.21 bits per heavy atom. The summed E-state index contributed by atoms with van der Waals surface area (Å²) in [5.41, 5.74) is 1.12. The Morgan fingerprint density at radius 3 is 2.45 bits per heavy atom. The highest BCUT2D eigenvalue weighted by Crippen LogP contribution is 2.30. The molecule has 1 saturated heterocycles. The van der Waals surface area contributed by atoms with Crippen molar-refractivity contribution < 1.29 is 14.0 Å². The van der Waals surface area contributed by atoms with E-state index < -0.39 is 0 Å². The number of rotatable bonds is 7. The summed E-state index contributed by atoms with van der Waals surface area (Å²) in [6, 6.07) is 6.37. The maximum absolute atomic E-state index is 5.39. The van der Waals surface area contributed by atoms with E-state index in [1.165, 1.54) is 0 Å². The molecule has 1 aliphatic heterocycles. The van der Waals surface area contributed by atoms with Gasteiger partial charge in [0.1, 0.15) is 11.5 Å². The monoisotopic (exact) mass is 402 g/mol. The van der Waals surface area contributed by atoms with Crippen LogP contribution in [0.15, 0.2) is 27.7 Å². The molecule has 1 aromatic carbocycles. The Labute approximate surface area is 171 Å². The van der Waals surface area contributed by atoms with Gasteiger partial charge in [-0.3, -0.25) is 4.99 Å². The Balaban J connectivity index is 1.47. The Morgan fingerprint density at radius 2 is 1.90 bits per heavy atom. The van der Waals surface area contributed by atoms with E-state index in [4.69, 9.17) is 14.0 Å². The van der Waals surface area contributed by atoms with Crippen LogP contribution in [0.1, 0.15) is 24.6 Å². The summed E-state index contributed by atoms with van der Waals surface area (Å²) < 4.78 is 15.9. The molecule has 1 aliphatic rings. The zero-order valence-corrected chi connectivity index (χ0v) is 17.6. The van der Waals surface area contributed by atoms with Gasteiger partial charge in [-0.25, -0.2) is 0 Å². The summed E-state index contributed by atoms with van der Waals surface area (Å²) in [6.45, 7) is 4.40. The van der Waals surface area contributed by atoms with E-state index >= 15 is 0 Å². The number of anilines is 1. The number of hydrogen-bond donors (Lipinski definition) is 2. The fraction of sp³-hybridized carbons (Fsp3) is 0.550. The molecule has 1 fully saturated rings. The largest absolute Gasteiger partial charge is 0.497 e. The number of aromatic nitrogens is 2. The summed E-state index contributed by atoms with van der Waals surface area (Å²) >= 11 is 0. The molecule has 0 atom stereocenters. The van der Waals surface area contributed by atoms with E-state index in [1.807, 2.05) is 13.0 Å². The van der Waals surface area contributed by atoms with Crippen LogP contribution in [0.25, 0.3) is 0 Å². The van der Waals surface area contributed by atoms with Crippen LogP contribution < -0.4 is 25.0 Å². The molecule has 0 unspecified atom stereocenters. The van der Waals surface area contributed by atoms with Crippen molar-refractivity contribution >= 4 is 11.6 Å². The first-order chi connectivity index (χ1) is 14.1. The molecule has 0 amide bonds. The zero-order valence-electron chi connectivity index (χ0n) is 17.6. The molecular formula is C20H30N6O3. The van der Waals surface area contributed by atoms with Crippen molar-refractivity contribution in [3.63, 3.8) is 0 Å². The van der Waals surface area contributed by atoms with Crippen LogP contribution in [-0.4, -0.2) is 63.0 Å². The van der Waals surface area contributed by atoms with Crippen molar-refractivity contribution in [1.29, 1.82) is 0 Å². The first kappa shape index (κ1) is 20.8. The van der Waals surface area contributed by atoms with Crippen LogP contribution in [0.5, 0.6) is 11.5 Å². The maximum atomic E-state index is 5.39. The molecular weight excluding hydrogens is 372 g/mol.